The molecule has 0 aliphatic carbocycles. The molecule has 3 nitrogen and oxygen atoms in total. The molecule has 0 radical (unpaired) electrons. The monoisotopic (exact) mass is 247 g/mol. The highest BCUT2D eigenvalue weighted by molar-refractivity contribution is 6.31. The first-order chi connectivity index (χ1) is 8.15. The van der Waals surface area contributed by atoms with Gasteiger partial charge in [0, 0.05) is 35.1 Å². The number of benzene rings is 1. The molecule has 2 aromatic rings. The molecular formula is C13H10ClNO2. The van der Waals surface area contributed by atoms with Gasteiger partial charge < -0.3 is 4.57 Å². The van der Waals surface area contributed by atoms with Crippen LogP contribution in [-0.4, -0.2) is 10.4 Å². The van der Waals surface area contributed by atoms with Crippen LogP contribution in [0.25, 0.3) is 0 Å². The number of ketones is 1. The number of carbonyl (C=O) groups is 1. The van der Waals surface area contributed by atoms with E-state index in [0.717, 1.165) is 0 Å². The molecule has 86 valence electrons. The molecule has 1 heterocycles. The molecule has 0 N–H and O–H groups in total. The van der Waals surface area contributed by atoms with Crippen LogP contribution in [0.2, 0.25) is 5.02 Å². The lowest BCUT2D eigenvalue weighted by Gasteiger charge is -2.05. The number of hydrogen-bond acceptors (Lipinski definition) is 2. The number of pyridine rings is 1. The third-order valence-electron chi connectivity index (χ3n) is 2.33. The minimum Gasteiger partial charge on any atom is -0.346 e. The van der Waals surface area contributed by atoms with E-state index in [4.69, 9.17) is 11.6 Å². The Morgan fingerprint density at radius 2 is 1.88 bits per heavy atom. The lowest BCUT2D eigenvalue weighted by Crippen LogP contribution is -2.12. The van der Waals surface area contributed by atoms with E-state index in [1.807, 2.05) is 0 Å². The maximum absolute atomic E-state index is 11.9. The number of halogens is 1. The summed E-state index contributed by atoms with van der Waals surface area (Å²) in [6.45, 7) is 0.195. The van der Waals surface area contributed by atoms with Gasteiger partial charge in [0.1, 0.15) is 0 Å². The quantitative estimate of drug-likeness (QED) is 0.782. The Kier molecular flexibility index (Phi) is 3.40. The summed E-state index contributed by atoms with van der Waals surface area (Å²) < 4.78 is 1.66. The van der Waals surface area contributed by atoms with E-state index in [2.05, 4.69) is 0 Å². The molecule has 2 rings (SSSR count). The Morgan fingerprint density at radius 1 is 1.18 bits per heavy atom. The standard InChI is InChI=1S/C13H10ClNO2/c14-11-3-1-2-10(8-11)13(17)9-15-6-4-12(16)5-7-15/h1-8H,9H2. The number of carbonyl (C=O) groups excluding carboxylic acids is 1. The van der Waals surface area contributed by atoms with Gasteiger partial charge in [-0.2, -0.15) is 0 Å². The molecule has 17 heavy (non-hydrogen) atoms. The highest BCUT2D eigenvalue weighted by Crippen LogP contribution is 2.11. The molecule has 0 atom stereocenters. The third kappa shape index (κ3) is 3.04. The molecular weight excluding hydrogens is 238 g/mol. The molecule has 0 fully saturated rings. The molecule has 0 saturated carbocycles. The maximum atomic E-state index is 11.9. The highest BCUT2D eigenvalue weighted by atomic mass is 35.5. The third-order valence-corrected chi connectivity index (χ3v) is 2.57. The topological polar surface area (TPSA) is 39.1 Å². The largest absolute Gasteiger partial charge is 0.346 e. The fraction of sp³-hybridized carbons (Fsp3) is 0.0769. The molecule has 0 aliphatic heterocycles. The Morgan fingerprint density at radius 3 is 2.53 bits per heavy atom. The number of hydrogen-bond donors (Lipinski definition) is 0. The number of nitrogens with zero attached hydrogens (tertiary/aromatic N) is 1. The molecule has 0 amide bonds. The van der Waals surface area contributed by atoms with Crippen LogP contribution in [0.1, 0.15) is 10.4 Å². The van der Waals surface area contributed by atoms with Crippen molar-refractivity contribution < 1.29 is 4.79 Å². The summed E-state index contributed by atoms with van der Waals surface area (Å²) in [5, 5.41) is 0.538. The molecule has 4 heteroatoms. The summed E-state index contributed by atoms with van der Waals surface area (Å²) in [4.78, 5) is 22.8. The van der Waals surface area contributed by atoms with E-state index < -0.39 is 0 Å². The maximum Gasteiger partial charge on any atom is 0.182 e. The summed E-state index contributed by atoms with van der Waals surface area (Å²) in [6, 6.07) is 9.65. The first kappa shape index (κ1) is 11.6. The van der Waals surface area contributed by atoms with Gasteiger partial charge >= 0.3 is 0 Å². The van der Waals surface area contributed by atoms with Crippen LogP contribution < -0.4 is 5.43 Å². The van der Waals surface area contributed by atoms with E-state index in [1.54, 1.807) is 41.2 Å². The van der Waals surface area contributed by atoms with Crippen LogP contribution in [0.3, 0.4) is 0 Å². The fourth-order valence-corrected chi connectivity index (χ4v) is 1.66. The van der Waals surface area contributed by atoms with Crippen molar-refractivity contribution in [1.29, 1.82) is 0 Å². The zero-order chi connectivity index (χ0) is 12.3. The van der Waals surface area contributed by atoms with Crippen molar-refractivity contribution in [2.24, 2.45) is 0 Å². The van der Waals surface area contributed by atoms with Crippen molar-refractivity contribution in [1.82, 2.24) is 4.57 Å². The summed E-state index contributed by atoms with van der Waals surface area (Å²) in [5.41, 5.74) is 0.493. The Hall–Kier alpha value is -1.87. The van der Waals surface area contributed by atoms with Gasteiger partial charge in [0.15, 0.2) is 11.2 Å². The van der Waals surface area contributed by atoms with Gasteiger partial charge in [-0.1, -0.05) is 23.7 Å². The SMILES string of the molecule is O=C(Cn1ccc(=O)cc1)c1cccc(Cl)c1. The second-order valence-electron chi connectivity index (χ2n) is 3.64. The van der Waals surface area contributed by atoms with E-state index in [9.17, 15) is 9.59 Å². The van der Waals surface area contributed by atoms with Crippen molar-refractivity contribution in [3.05, 3.63) is 69.6 Å². The zero-order valence-electron chi connectivity index (χ0n) is 8.97. The first-order valence-electron chi connectivity index (χ1n) is 5.10. The van der Waals surface area contributed by atoms with Crippen LogP contribution in [-0.2, 0) is 6.54 Å². The van der Waals surface area contributed by atoms with Gasteiger partial charge in [0.2, 0.25) is 0 Å². The van der Waals surface area contributed by atoms with Crippen LogP contribution in [0.15, 0.2) is 53.6 Å². The molecule has 1 aromatic carbocycles. The normalized spacial score (nSPS) is 10.2. The van der Waals surface area contributed by atoms with Gasteiger partial charge in [-0.25, -0.2) is 0 Å². The molecule has 0 aliphatic rings. The van der Waals surface area contributed by atoms with Crippen molar-refractivity contribution in [2.75, 3.05) is 0 Å². The average Bonchev–Trinajstić information content (AvgIpc) is 2.32. The van der Waals surface area contributed by atoms with Crippen molar-refractivity contribution in [2.45, 2.75) is 6.54 Å². The van der Waals surface area contributed by atoms with Crippen molar-refractivity contribution in [3.63, 3.8) is 0 Å². The Balaban J connectivity index is 2.17. The predicted molar refractivity (Wildman–Crippen MR) is 66.5 cm³/mol. The summed E-state index contributed by atoms with van der Waals surface area (Å²) in [5.74, 6) is -0.0452. The van der Waals surface area contributed by atoms with Gasteiger partial charge in [0.25, 0.3) is 0 Å². The number of Topliss-reactive ketones (excluding diaryl/α,β-unsaturated/α-hetero) is 1. The van der Waals surface area contributed by atoms with Crippen molar-refractivity contribution >= 4 is 17.4 Å². The molecule has 0 spiro atoms. The minimum atomic E-state index is -0.0727. The Bertz CT molecular complexity index is 584. The number of aromatic nitrogens is 1. The van der Waals surface area contributed by atoms with Crippen LogP contribution in [0, 0.1) is 0 Å². The molecule has 1 aromatic heterocycles. The van der Waals surface area contributed by atoms with Gasteiger partial charge in [-0.05, 0) is 12.1 Å². The van der Waals surface area contributed by atoms with Gasteiger partial charge in [0.05, 0.1) is 6.54 Å². The second kappa shape index (κ2) is 4.97. The second-order valence-corrected chi connectivity index (χ2v) is 4.08. The van der Waals surface area contributed by atoms with Gasteiger partial charge in [-0.3, -0.25) is 9.59 Å². The number of rotatable bonds is 3. The van der Waals surface area contributed by atoms with E-state index in [1.165, 1.54) is 12.1 Å². The van der Waals surface area contributed by atoms with Crippen LogP contribution in [0.5, 0.6) is 0 Å². The predicted octanol–water partition coefficient (Wildman–Crippen LogP) is 2.38. The highest BCUT2D eigenvalue weighted by Gasteiger charge is 2.06. The average molecular weight is 248 g/mol. The minimum absolute atomic E-state index is 0.0452. The lowest BCUT2D eigenvalue weighted by molar-refractivity contribution is 0.0972. The summed E-state index contributed by atoms with van der Waals surface area (Å²) >= 11 is 5.81. The van der Waals surface area contributed by atoms with E-state index in [-0.39, 0.29) is 17.8 Å². The molecule has 0 bridgehead atoms. The van der Waals surface area contributed by atoms with Gasteiger partial charge in [-0.15, -0.1) is 0 Å². The fourth-order valence-electron chi connectivity index (χ4n) is 1.47. The first-order valence-corrected chi connectivity index (χ1v) is 5.48. The lowest BCUT2D eigenvalue weighted by atomic mass is 10.1. The smallest absolute Gasteiger partial charge is 0.182 e. The van der Waals surface area contributed by atoms with Crippen LogP contribution in [0.4, 0.5) is 0 Å². The summed E-state index contributed by atoms with van der Waals surface area (Å²) in [6.07, 6.45) is 3.18. The Labute approximate surface area is 103 Å². The summed E-state index contributed by atoms with van der Waals surface area (Å²) in [7, 11) is 0. The molecule has 0 unspecified atom stereocenters. The van der Waals surface area contributed by atoms with Crippen molar-refractivity contribution in [3.8, 4) is 0 Å². The van der Waals surface area contributed by atoms with E-state index >= 15 is 0 Å². The molecule has 0 saturated heterocycles. The van der Waals surface area contributed by atoms with E-state index in [0.29, 0.717) is 10.6 Å². The zero-order valence-corrected chi connectivity index (χ0v) is 9.72. The van der Waals surface area contributed by atoms with Crippen LogP contribution >= 0.6 is 11.6 Å².